The maximum atomic E-state index is 5.38. The molecular weight excluding hydrogens is 300 g/mol. The molecule has 0 aliphatic carbocycles. The maximum absolute atomic E-state index is 5.38. The molecule has 5 nitrogen and oxygen atoms in total. The van der Waals surface area contributed by atoms with Crippen molar-refractivity contribution in [2.75, 3.05) is 20.2 Å². The molecule has 2 aliphatic heterocycles. The SMILES string of the molecule is COc1cccc(C2NNC3CCN(Cc4ccccn4)CC32)c1. The zero-order valence-corrected chi connectivity index (χ0v) is 14.0. The molecule has 0 saturated carbocycles. The van der Waals surface area contributed by atoms with Gasteiger partial charge in [-0.15, -0.1) is 0 Å². The molecule has 0 spiro atoms. The van der Waals surface area contributed by atoms with E-state index in [4.69, 9.17) is 4.74 Å². The molecule has 0 amide bonds. The Morgan fingerprint density at radius 1 is 1.21 bits per heavy atom. The average molecular weight is 324 g/mol. The predicted molar refractivity (Wildman–Crippen MR) is 93.4 cm³/mol. The molecule has 2 saturated heterocycles. The Labute approximate surface area is 143 Å². The van der Waals surface area contributed by atoms with Gasteiger partial charge in [0, 0.05) is 37.8 Å². The number of aromatic nitrogens is 1. The minimum absolute atomic E-state index is 0.316. The quantitative estimate of drug-likeness (QED) is 0.902. The molecule has 2 aliphatic rings. The molecule has 3 atom stereocenters. The van der Waals surface area contributed by atoms with E-state index in [9.17, 15) is 0 Å². The van der Waals surface area contributed by atoms with Crippen LogP contribution in [-0.2, 0) is 6.54 Å². The van der Waals surface area contributed by atoms with Gasteiger partial charge in [0.25, 0.3) is 0 Å². The lowest BCUT2D eigenvalue weighted by Crippen LogP contribution is -2.45. The van der Waals surface area contributed by atoms with Crippen LogP contribution < -0.4 is 15.6 Å². The molecule has 24 heavy (non-hydrogen) atoms. The maximum Gasteiger partial charge on any atom is 0.119 e. The largest absolute Gasteiger partial charge is 0.497 e. The summed E-state index contributed by atoms with van der Waals surface area (Å²) in [6.07, 6.45) is 3.03. The molecule has 1 aromatic carbocycles. The summed E-state index contributed by atoms with van der Waals surface area (Å²) < 4.78 is 5.38. The second-order valence-electron chi connectivity index (χ2n) is 6.66. The number of hydrogen-bond acceptors (Lipinski definition) is 5. The third kappa shape index (κ3) is 3.15. The number of hydrogen-bond donors (Lipinski definition) is 2. The standard InChI is InChI=1S/C19H24N4O/c1-24-16-7-4-5-14(11-16)19-17-13-23(10-8-18(17)21-22-19)12-15-6-2-3-9-20-15/h2-7,9,11,17-19,21-22H,8,10,12-13H2,1H3. The van der Waals surface area contributed by atoms with Crippen LogP contribution in [0, 0.1) is 5.92 Å². The van der Waals surface area contributed by atoms with Crippen LogP contribution in [0.2, 0.25) is 0 Å². The molecule has 126 valence electrons. The van der Waals surface area contributed by atoms with Gasteiger partial charge in [-0.2, -0.15) is 0 Å². The van der Waals surface area contributed by atoms with E-state index >= 15 is 0 Å². The van der Waals surface area contributed by atoms with E-state index in [2.05, 4.69) is 51.1 Å². The predicted octanol–water partition coefficient (Wildman–Crippen LogP) is 2.13. The van der Waals surface area contributed by atoms with E-state index in [1.807, 2.05) is 18.3 Å². The van der Waals surface area contributed by atoms with Crippen molar-refractivity contribution in [2.24, 2.45) is 5.92 Å². The molecular formula is C19H24N4O. The molecule has 5 heteroatoms. The smallest absolute Gasteiger partial charge is 0.119 e. The number of likely N-dealkylation sites (tertiary alicyclic amines) is 1. The van der Waals surface area contributed by atoms with E-state index in [1.165, 1.54) is 5.56 Å². The summed E-state index contributed by atoms with van der Waals surface area (Å²) in [5, 5.41) is 0. The average Bonchev–Trinajstić information content (AvgIpc) is 3.06. The van der Waals surface area contributed by atoms with Crippen molar-refractivity contribution in [3.63, 3.8) is 0 Å². The van der Waals surface area contributed by atoms with Crippen LogP contribution in [0.3, 0.4) is 0 Å². The first-order valence-corrected chi connectivity index (χ1v) is 8.61. The van der Waals surface area contributed by atoms with Crippen molar-refractivity contribution >= 4 is 0 Å². The molecule has 2 N–H and O–H groups in total. The topological polar surface area (TPSA) is 49.4 Å². The number of nitrogens with one attached hydrogen (secondary N) is 2. The van der Waals surface area contributed by atoms with Crippen LogP contribution in [0.1, 0.15) is 23.7 Å². The Bertz CT molecular complexity index is 678. The highest BCUT2D eigenvalue weighted by molar-refractivity contribution is 5.32. The van der Waals surface area contributed by atoms with Crippen molar-refractivity contribution in [3.8, 4) is 5.75 Å². The molecule has 0 radical (unpaired) electrons. The number of pyridine rings is 1. The highest BCUT2D eigenvalue weighted by atomic mass is 16.5. The lowest BCUT2D eigenvalue weighted by Gasteiger charge is -2.36. The summed E-state index contributed by atoms with van der Waals surface area (Å²) >= 11 is 0. The van der Waals surface area contributed by atoms with E-state index < -0.39 is 0 Å². The van der Waals surface area contributed by atoms with Crippen LogP contribution in [0.4, 0.5) is 0 Å². The summed E-state index contributed by atoms with van der Waals surface area (Å²) in [5.74, 6) is 1.47. The van der Waals surface area contributed by atoms with Gasteiger partial charge in [0.05, 0.1) is 18.8 Å². The second-order valence-corrected chi connectivity index (χ2v) is 6.66. The zero-order chi connectivity index (χ0) is 16.4. The number of fused-ring (bicyclic) bond motifs is 1. The van der Waals surface area contributed by atoms with Crippen molar-refractivity contribution in [3.05, 3.63) is 59.9 Å². The molecule has 4 rings (SSSR count). The Kier molecular flexibility index (Phi) is 4.47. The number of piperidine rings is 1. The first-order valence-electron chi connectivity index (χ1n) is 8.61. The van der Waals surface area contributed by atoms with Crippen molar-refractivity contribution in [1.82, 2.24) is 20.7 Å². The van der Waals surface area contributed by atoms with E-state index in [-0.39, 0.29) is 0 Å². The number of nitrogens with zero attached hydrogens (tertiary/aromatic N) is 2. The van der Waals surface area contributed by atoms with Gasteiger partial charge in [-0.25, -0.2) is 5.43 Å². The van der Waals surface area contributed by atoms with Crippen molar-refractivity contribution in [1.29, 1.82) is 0 Å². The number of hydrazine groups is 1. The number of benzene rings is 1. The number of methoxy groups -OCH3 is 1. The van der Waals surface area contributed by atoms with E-state index in [0.29, 0.717) is 18.0 Å². The van der Waals surface area contributed by atoms with Gasteiger partial charge in [-0.1, -0.05) is 18.2 Å². The highest BCUT2D eigenvalue weighted by Crippen LogP contribution is 2.35. The minimum Gasteiger partial charge on any atom is -0.497 e. The van der Waals surface area contributed by atoms with Gasteiger partial charge < -0.3 is 4.74 Å². The molecule has 0 bridgehead atoms. The van der Waals surface area contributed by atoms with Gasteiger partial charge in [-0.3, -0.25) is 15.3 Å². The van der Waals surface area contributed by atoms with Crippen LogP contribution in [0.15, 0.2) is 48.7 Å². The highest BCUT2D eigenvalue weighted by Gasteiger charge is 2.40. The van der Waals surface area contributed by atoms with Gasteiger partial charge in [0.2, 0.25) is 0 Å². The molecule has 2 aromatic rings. The molecule has 3 unspecified atom stereocenters. The Hall–Kier alpha value is -1.95. The zero-order valence-electron chi connectivity index (χ0n) is 14.0. The molecule has 2 fully saturated rings. The van der Waals surface area contributed by atoms with Crippen molar-refractivity contribution in [2.45, 2.75) is 25.0 Å². The third-order valence-electron chi connectivity index (χ3n) is 5.16. The Morgan fingerprint density at radius 3 is 3.00 bits per heavy atom. The summed E-state index contributed by atoms with van der Waals surface area (Å²) in [7, 11) is 1.72. The molecule has 1 aromatic heterocycles. The van der Waals surface area contributed by atoms with Gasteiger partial charge in [0.15, 0.2) is 0 Å². The third-order valence-corrected chi connectivity index (χ3v) is 5.16. The summed E-state index contributed by atoms with van der Waals surface area (Å²) in [4.78, 5) is 6.99. The van der Waals surface area contributed by atoms with Crippen LogP contribution >= 0.6 is 0 Å². The van der Waals surface area contributed by atoms with Crippen molar-refractivity contribution < 1.29 is 4.74 Å². The number of ether oxygens (including phenoxy) is 1. The normalized spacial score (nSPS) is 27.0. The van der Waals surface area contributed by atoms with Gasteiger partial charge in [0.1, 0.15) is 5.75 Å². The fraction of sp³-hybridized carbons (Fsp3) is 0.421. The van der Waals surface area contributed by atoms with Gasteiger partial charge in [-0.05, 0) is 36.2 Å². The Morgan fingerprint density at radius 2 is 2.17 bits per heavy atom. The monoisotopic (exact) mass is 324 g/mol. The Balaban J connectivity index is 1.48. The summed E-state index contributed by atoms with van der Waals surface area (Å²) in [6, 6.07) is 15.4. The molecule has 3 heterocycles. The second kappa shape index (κ2) is 6.89. The first-order chi connectivity index (χ1) is 11.8. The van der Waals surface area contributed by atoms with E-state index in [0.717, 1.165) is 37.5 Å². The van der Waals surface area contributed by atoms with Crippen LogP contribution in [0.25, 0.3) is 0 Å². The fourth-order valence-electron chi connectivity index (χ4n) is 3.90. The minimum atomic E-state index is 0.316. The van der Waals surface area contributed by atoms with Gasteiger partial charge >= 0.3 is 0 Å². The number of rotatable bonds is 4. The summed E-state index contributed by atoms with van der Waals surface area (Å²) in [6.45, 7) is 3.11. The fourth-order valence-corrected chi connectivity index (χ4v) is 3.90. The first kappa shape index (κ1) is 15.6. The van der Waals surface area contributed by atoms with Crippen LogP contribution in [-0.4, -0.2) is 36.1 Å². The van der Waals surface area contributed by atoms with Crippen LogP contribution in [0.5, 0.6) is 5.75 Å². The van der Waals surface area contributed by atoms with E-state index in [1.54, 1.807) is 7.11 Å². The lowest BCUT2D eigenvalue weighted by molar-refractivity contribution is 0.146. The summed E-state index contributed by atoms with van der Waals surface area (Å²) in [5.41, 5.74) is 9.43. The lowest BCUT2D eigenvalue weighted by atomic mass is 9.85.